The van der Waals surface area contributed by atoms with Gasteiger partial charge < -0.3 is 10.6 Å². The maximum atomic E-state index is 12.4. The van der Waals surface area contributed by atoms with Crippen LogP contribution in [0.5, 0.6) is 0 Å². The molecule has 168 valence electrons. The molecule has 0 saturated carbocycles. The molecule has 0 aliphatic heterocycles. The van der Waals surface area contributed by atoms with Gasteiger partial charge in [0, 0.05) is 17.3 Å². The number of fused-ring (bicyclic) bond motifs is 1. The van der Waals surface area contributed by atoms with E-state index in [0.29, 0.717) is 17.1 Å². The number of hydrogen-bond donors (Lipinski definition) is 2. The van der Waals surface area contributed by atoms with Crippen molar-refractivity contribution in [3.05, 3.63) is 82.8 Å². The number of anilines is 1. The number of likely N-dealkylation sites (N-methyl/N-ethyl adjacent to an activating group) is 1. The Morgan fingerprint density at radius 2 is 1.91 bits per heavy atom. The minimum absolute atomic E-state index is 0.185. The molecule has 4 rings (SSSR count). The molecule has 0 bridgehead atoms. The highest BCUT2D eigenvalue weighted by molar-refractivity contribution is 5.94. The van der Waals surface area contributed by atoms with Crippen molar-refractivity contribution >= 4 is 17.4 Å². The van der Waals surface area contributed by atoms with Gasteiger partial charge in [-0.15, -0.1) is 0 Å². The number of rotatable bonds is 4. The Morgan fingerprint density at radius 3 is 2.65 bits per heavy atom. The molecule has 0 aliphatic carbocycles. The fraction of sp³-hybridized carbons (Fsp3) is 0.185. The summed E-state index contributed by atoms with van der Waals surface area (Å²) < 4.78 is 2.00. The number of imidazole rings is 1. The van der Waals surface area contributed by atoms with E-state index in [-0.39, 0.29) is 11.9 Å². The zero-order chi connectivity index (χ0) is 24.2. The molecule has 7 nitrogen and oxygen atoms in total. The SMILES string of the molecule is CNC(C)C(=O)Nc1ccc(-c2c(C)nc3ccccn23)c(C#Cc2ccc(C#N)c(C)c2)n1. The molecule has 0 spiro atoms. The van der Waals surface area contributed by atoms with E-state index in [2.05, 4.69) is 38.5 Å². The highest BCUT2D eigenvalue weighted by Gasteiger charge is 2.17. The molecule has 0 fully saturated rings. The summed E-state index contributed by atoms with van der Waals surface area (Å²) in [6, 6.07) is 16.8. The molecule has 0 saturated heterocycles. The van der Waals surface area contributed by atoms with E-state index in [1.165, 1.54) is 0 Å². The summed E-state index contributed by atoms with van der Waals surface area (Å²) in [5.74, 6) is 6.57. The summed E-state index contributed by atoms with van der Waals surface area (Å²) in [5.41, 5.74) is 6.17. The van der Waals surface area contributed by atoms with Gasteiger partial charge in [-0.1, -0.05) is 12.0 Å². The van der Waals surface area contributed by atoms with E-state index in [0.717, 1.165) is 33.7 Å². The monoisotopic (exact) mass is 448 g/mol. The van der Waals surface area contributed by atoms with Crippen LogP contribution in [-0.2, 0) is 4.79 Å². The number of pyridine rings is 2. The summed E-state index contributed by atoms with van der Waals surface area (Å²) in [7, 11) is 1.73. The molecule has 2 N–H and O–H groups in total. The van der Waals surface area contributed by atoms with E-state index in [9.17, 15) is 10.1 Å². The van der Waals surface area contributed by atoms with Gasteiger partial charge in [-0.05, 0) is 81.8 Å². The maximum absolute atomic E-state index is 12.4. The number of aromatic nitrogens is 3. The van der Waals surface area contributed by atoms with Crippen LogP contribution in [0.2, 0.25) is 0 Å². The Morgan fingerprint density at radius 1 is 1.09 bits per heavy atom. The molecular formula is C27H24N6O. The van der Waals surface area contributed by atoms with Gasteiger partial charge in [0.05, 0.1) is 29.1 Å². The molecule has 3 heterocycles. The van der Waals surface area contributed by atoms with Gasteiger partial charge in [-0.2, -0.15) is 5.26 Å². The zero-order valence-corrected chi connectivity index (χ0v) is 19.5. The van der Waals surface area contributed by atoms with Crippen LogP contribution < -0.4 is 10.6 Å². The lowest BCUT2D eigenvalue weighted by atomic mass is 10.1. The molecule has 1 amide bonds. The number of nitriles is 1. The topological polar surface area (TPSA) is 95.1 Å². The first-order chi connectivity index (χ1) is 16.4. The van der Waals surface area contributed by atoms with E-state index in [4.69, 9.17) is 0 Å². The van der Waals surface area contributed by atoms with Gasteiger partial charge >= 0.3 is 0 Å². The summed E-state index contributed by atoms with van der Waals surface area (Å²) in [6.07, 6.45) is 1.95. The third-order valence-electron chi connectivity index (χ3n) is 5.60. The molecule has 1 atom stereocenters. The summed E-state index contributed by atoms with van der Waals surface area (Å²) in [4.78, 5) is 21.7. The van der Waals surface area contributed by atoms with Crippen LogP contribution in [0.1, 0.15) is 35.0 Å². The Balaban J connectivity index is 1.84. The van der Waals surface area contributed by atoms with Gasteiger partial charge in [0.15, 0.2) is 0 Å². The van der Waals surface area contributed by atoms with E-state index in [1.54, 1.807) is 26.1 Å². The number of benzene rings is 1. The van der Waals surface area contributed by atoms with Crippen molar-refractivity contribution in [1.29, 1.82) is 5.26 Å². The van der Waals surface area contributed by atoms with Crippen LogP contribution in [-0.4, -0.2) is 33.4 Å². The molecular weight excluding hydrogens is 424 g/mol. The van der Waals surface area contributed by atoms with Crippen molar-refractivity contribution in [3.8, 4) is 29.2 Å². The van der Waals surface area contributed by atoms with Gasteiger partial charge in [-0.25, -0.2) is 9.97 Å². The Hall–Kier alpha value is -4.46. The number of nitrogens with one attached hydrogen (secondary N) is 2. The Bertz CT molecular complexity index is 1500. The van der Waals surface area contributed by atoms with Gasteiger partial charge in [0.2, 0.25) is 5.91 Å². The summed E-state index contributed by atoms with van der Waals surface area (Å²) in [6.45, 7) is 5.61. The van der Waals surface area contributed by atoms with E-state index < -0.39 is 0 Å². The lowest BCUT2D eigenvalue weighted by Crippen LogP contribution is -2.35. The molecule has 1 aromatic carbocycles. The molecule has 1 unspecified atom stereocenters. The van der Waals surface area contributed by atoms with Crippen molar-refractivity contribution in [3.63, 3.8) is 0 Å². The maximum Gasteiger partial charge on any atom is 0.242 e. The highest BCUT2D eigenvalue weighted by atomic mass is 16.2. The van der Waals surface area contributed by atoms with Crippen molar-refractivity contribution in [2.75, 3.05) is 12.4 Å². The molecule has 34 heavy (non-hydrogen) atoms. The lowest BCUT2D eigenvalue weighted by Gasteiger charge is -2.12. The predicted octanol–water partition coefficient (Wildman–Crippen LogP) is 3.83. The molecule has 3 aromatic heterocycles. The number of amides is 1. The van der Waals surface area contributed by atoms with Crippen molar-refractivity contribution < 1.29 is 4.79 Å². The average Bonchev–Trinajstić information content (AvgIpc) is 3.17. The fourth-order valence-corrected chi connectivity index (χ4v) is 3.62. The number of carbonyl (C=O) groups is 1. The van der Waals surface area contributed by atoms with Gasteiger partial charge in [0.25, 0.3) is 0 Å². The van der Waals surface area contributed by atoms with Crippen molar-refractivity contribution in [2.45, 2.75) is 26.8 Å². The first-order valence-electron chi connectivity index (χ1n) is 10.9. The third-order valence-corrected chi connectivity index (χ3v) is 5.60. The lowest BCUT2D eigenvalue weighted by molar-refractivity contribution is -0.117. The second-order valence-electron chi connectivity index (χ2n) is 7.96. The number of aryl methyl sites for hydroxylation is 2. The number of carbonyl (C=O) groups excluding carboxylic acids is 1. The predicted molar refractivity (Wildman–Crippen MR) is 132 cm³/mol. The smallest absolute Gasteiger partial charge is 0.242 e. The fourth-order valence-electron chi connectivity index (χ4n) is 3.62. The van der Waals surface area contributed by atoms with Gasteiger partial charge in [0.1, 0.15) is 17.2 Å². The molecule has 0 radical (unpaired) electrons. The Kier molecular flexibility index (Phi) is 6.40. The second-order valence-corrected chi connectivity index (χ2v) is 7.96. The van der Waals surface area contributed by atoms with Crippen molar-refractivity contribution in [1.82, 2.24) is 19.7 Å². The van der Waals surface area contributed by atoms with E-state index >= 15 is 0 Å². The second kappa shape index (κ2) is 9.58. The zero-order valence-electron chi connectivity index (χ0n) is 19.5. The number of hydrogen-bond acceptors (Lipinski definition) is 5. The Labute approximate surface area is 198 Å². The van der Waals surface area contributed by atoms with Gasteiger partial charge in [-0.3, -0.25) is 9.20 Å². The van der Waals surface area contributed by atoms with E-state index in [1.807, 2.05) is 60.8 Å². The van der Waals surface area contributed by atoms with Crippen molar-refractivity contribution in [2.24, 2.45) is 0 Å². The minimum atomic E-state index is -0.362. The van der Waals surface area contributed by atoms with Crippen LogP contribution in [0.25, 0.3) is 16.9 Å². The van der Waals surface area contributed by atoms with Crippen LogP contribution >= 0.6 is 0 Å². The minimum Gasteiger partial charge on any atom is -0.309 e. The van der Waals surface area contributed by atoms with Crippen LogP contribution in [0.3, 0.4) is 0 Å². The molecule has 4 aromatic rings. The average molecular weight is 449 g/mol. The first-order valence-corrected chi connectivity index (χ1v) is 10.9. The normalized spacial score (nSPS) is 11.4. The largest absolute Gasteiger partial charge is 0.309 e. The summed E-state index contributed by atoms with van der Waals surface area (Å²) in [5, 5.41) is 14.9. The first kappa shape index (κ1) is 22.7. The third kappa shape index (κ3) is 4.52. The standard InChI is InChI=1S/C27H24N6O/c1-17-15-20(8-10-21(17)16-28)9-12-23-22(11-13-24(31-23)32-27(34)19(3)29-4)26-18(2)30-25-7-5-6-14-33(25)26/h5-8,10-11,13-15,19,29H,1-4H3,(H,31,32,34). The summed E-state index contributed by atoms with van der Waals surface area (Å²) >= 11 is 0. The quantitative estimate of drug-likeness (QED) is 0.463. The van der Waals surface area contributed by atoms with Crippen LogP contribution in [0, 0.1) is 37.0 Å². The molecule has 0 aliphatic rings. The van der Waals surface area contributed by atoms with Crippen LogP contribution in [0.15, 0.2) is 54.7 Å². The highest BCUT2D eigenvalue weighted by Crippen LogP contribution is 2.28. The molecule has 7 heteroatoms. The number of nitrogens with zero attached hydrogens (tertiary/aromatic N) is 4. The van der Waals surface area contributed by atoms with Crippen LogP contribution in [0.4, 0.5) is 5.82 Å².